The third kappa shape index (κ3) is 3.93. The van der Waals surface area contributed by atoms with Gasteiger partial charge in [-0.2, -0.15) is 4.68 Å². The van der Waals surface area contributed by atoms with E-state index >= 15 is 0 Å². The topological polar surface area (TPSA) is 151 Å². The molecule has 2 aromatic heterocycles. The van der Waals surface area contributed by atoms with Crippen molar-refractivity contribution in [2.24, 2.45) is 5.73 Å². The molecule has 0 aliphatic carbocycles. The number of hydrogen-bond acceptors (Lipinski definition) is 8. The number of nitrogens with zero attached hydrogens (tertiary/aromatic N) is 4. The summed E-state index contributed by atoms with van der Waals surface area (Å²) in [7, 11) is 0. The summed E-state index contributed by atoms with van der Waals surface area (Å²) in [6.45, 7) is 3.84. The average Bonchev–Trinajstić information content (AvgIpc) is 3.38. The van der Waals surface area contributed by atoms with Crippen molar-refractivity contribution in [2.75, 3.05) is 18.0 Å². The van der Waals surface area contributed by atoms with Crippen LogP contribution in [0.1, 0.15) is 42.1 Å². The van der Waals surface area contributed by atoms with E-state index in [1.807, 2.05) is 19.1 Å². The van der Waals surface area contributed by atoms with Gasteiger partial charge in [-0.25, -0.2) is 4.79 Å². The molecular formula is C20H21N5O6. The standard InChI is InChI=1S/C20H21N5O6/c1-2-24-20(27)31-19(22-24)13-7-9-23(10-8-13)14-5-3-12(4-6-14)15-11-16(25(28)29)30-17(15)18(21)26/h3-6,11,13H,2,7-10H2,1H3,(H2,21,26). The first-order chi connectivity index (χ1) is 14.9. The molecule has 1 aliphatic rings. The number of carbonyl (C=O) groups is 1. The second kappa shape index (κ2) is 8.09. The number of piperidine rings is 1. The number of hydrogen-bond donors (Lipinski definition) is 1. The van der Waals surface area contributed by atoms with Gasteiger partial charge in [0.1, 0.15) is 4.92 Å². The summed E-state index contributed by atoms with van der Waals surface area (Å²) in [6.07, 6.45) is 1.59. The van der Waals surface area contributed by atoms with E-state index in [9.17, 15) is 19.7 Å². The molecule has 2 N–H and O–H groups in total. The van der Waals surface area contributed by atoms with Gasteiger partial charge in [-0.05, 0) is 37.5 Å². The van der Waals surface area contributed by atoms with Crippen molar-refractivity contribution in [1.82, 2.24) is 9.78 Å². The fourth-order valence-electron chi connectivity index (χ4n) is 3.79. The second-order valence-electron chi connectivity index (χ2n) is 7.28. The number of aryl methyl sites for hydroxylation is 1. The molecule has 11 heteroatoms. The summed E-state index contributed by atoms with van der Waals surface area (Å²) in [5.74, 6) is -1.49. The first-order valence-corrected chi connectivity index (χ1v) is 9.88. The Balaban J connectivity index is 1.48. The highest BCUT2D eigenvalue weighted by atomic mass is 16.6. The summed E-state index contributed by atoms with van der Waals surface area (Å²) in [5.41, 5.74) is 7.15. The maximum Gasteiger partial charge on any atom is 0.437 e. The summed E-state index contributed by atoms with van der Waals surface area (Å²) in [4.78, 5) is 35.8. The largest absolute Gasteiger partial charge is 0.437 e. The smallest absolute Gasteiger partial charge is 0.395 e. The number of anilines is 1. The van der Waals surface area contributed by atoms with E-state index in [1.54, 1.807) is 12.1 Å². The van der Waals surface area contributed by atoms with Gasteiger partial charge in [-0.3, -0.25) is 14.9 Å². The number of aromatic nitrogens is 2. The Morgan fingerprint density at radius 3 is 2.48 bits per heavy atom. The van der Waals surface area contributed by atoms with Crippen LogP contribution >= 0.6 is 0 Å². The predicted octanol–water partition coefficient (Wildman–Crippen LogP) is 2.51. The van der Waals surface area contributed by atoms with Crippen molar-refractivity contribution >= 4 is 17.5 Å². The van der Waals surface area contributed by atoms with Gasteiger partial charge in [0.05, 0.1) is 6.07 Å². The average molecular weight is 427 g/mol. The summed E-state index contributed by atoms with van der Waals surface area (Å²) < 4.78 is 11.6. The molecule has 1 aliphatic heterocycles. The predicted molar refractivity (Wildman–Crippen MR) is 110 cm³/mol. The molecule has 3 heterocycles. The lowest BCUT2D eigenvalue weighted by atomic mass is 9.96. The molecule has 0 bridgehead atoms. The molecule has 0 radical (unpaired) electrons. The first kappa shape index (κ1) is 20.4. The zero-order valence-corrected chi connectivity index (χ0v) is 16.8. The Bertz CT molecular complexity index is 1170. The van der Waals surface area contributed by atoms with Crippen LogP contribution in [-0.4, -0.2) is 33.7 Å². The van der Waals surface area contributed by atoms with E-state index in [0.29, 0.717) is 18.0 Å². The lowest BCUT2D eigenvalue weighted by molar-refractivity contribution is -0.402. The maximum absolute atomic E-state index is 11.7. The molecule has 1 aromatic carbocycles. The third-order valence-electron chi connectivity index (χ3n) is 5.43. The van der Waals surface area contributed by atoms with E-state index < -0.39 is 22.5 Å². The number of benzene rings is 1. The molecule has 1 saturated heterocycles. The van der Waals surface area contributed by atoms with Crippen LogP contribution in [0.4, 0.5) is 11.6 Å². The molecule has 31 heavy (non-hydrogen) atoms. The quantitative estimate of drug-likeness (QED) is 0.465. The van der Waals surface area contributed by atoms with Crippen LogP contribution in [-0.2, 0) is 6.54 Å². The van der Waals surface area contributed by atoms with Crippen LogP contribution in [0.25, 0.3) is 11.1 Å². The summed E-state index contributed by atoms with van der Waals surface area (Å²) in [6, 6.07) is 8.50. The molecule has 0 saturated carbocycles. The summed E-state index contributed by atoms with van der Waals surface area (Å²) in [5, 5.41) is 15.2. The molecule has 0 atom stereocenters. The molecule has 162 valence electrons. The van der Waals surface area contributed by atoms with Crippen LogP contribution in [0.2, 0.25) is 0 Å². The molecule has 1 fully saturated rings. The first-order valence-electron chi connectivity index (χ1n) is 9.88. The van der Waals surface area contributed by atoms with Gasteiger partial charge in [0.25, 0.3) is 5.91 Å². The molecule has 0 spiro atoms. The van der Waals surface area contributed by atoms with Gasteiger partial charge < -0.3 is 19.5 Å². The normalized spacial score (nSPS) is 14.7. The van der Waals surface area contributed by atoms with Crippen molar-refractivity contribution in [1.29, 1.82) is 0 Å². The molecule has 3 aromatic rings. The fraction of sp³-hybridized carbons (Fsp3) is 0.350. The van der Waals surface area contributed by atoms with E-state index in [4.69, 9.17) is 14.6 Å². The van der Waals surface area contributed by atoms with Gasteiger partial charge in [-0.1, -0.05) is 12.1 Å². The van der Waals surface area contributed by atoms with Gasteiger partial charge in [0.15, 0.2) is 0 Å². The number of amides is 1. The third-order valence-corrected chi connectivity index (χ3v) is 5.43. The van der Waals surface area contributed by atoms with Crippen LogP contribution < -0.4 is 16.4 Å². The Hall–Kier alpha value is -3.89. The monoisotopic (exact) mass is 427 g/mol. The number of nitro groups is 1. The second-order valence-corrected chi connectivity index (χ2v) is 7.28. The number of rotatable bonds is 6. The minimum absolute atomic E-state index is 0.0978. The van der Waals surface area contributed by atoms with E-state index in [1.165, 1.54) is 10.7 Å². The van der Waals surface area contributed by atoms with Crippen LogP contribution in [0.5, 0.6) is 0 Å². The van der Waals surface area contributed by atoms with Gasteiger partial charge in [0, 0.05) is 36.8 Å². The van der Waals surface area contributed by atoms with Gasteiger partial charge >= 0.3 is 11.6 Å². The molecule has 0 unspecified atom stereocenters. The lowest BCUT2D eigenvalue weighted by Crippen LogP contribution is -2.33. The molecular weight excluding hydrogens is 406 g/mol. The van der Waals surface area contributed by atoms with E-state index in [-0.39, 0.29) is 17.2 Å². The highest BCUT2D eigenvalue weighted by molar-refractivity contribution is 5.97. The van der Waals surface area contributed by atoms with Crippen LogP contribution in [0.15, 0.2) is 44.0 Å². The minimum atomic E-state index is -0.869. The Labute approximate surface area is 176 Å². The van der Waals surface area contributed by atoms with Gasteiger partial charge in [-0.15, -0.1) is 5.10 Å². The Morgan fingerprint density at radius 2 is 1.94 bits per heavy atom. The fourth-order valence-corrected chi connectivity index (χ4v) is 3.79. The van der Waals surface area contributed by atoms with Crippen LogP contribution in [0, 0.1) is 10.1 Å². The number of carbonyl (C=O) groups excluding carboxylic acids is 1. The Kier molecular flexibility index (Phi) is 5.32. The highest BCUT2D eigenvalue weighted by Crippen LogP contribution is 2.33. The molecule has 11 nitrogen and oxygen atoms in total. The van der Waals surface area contributed by atoms with Crippen LogP contribution in [0.3, 0.4) is 0 Å². The van der Waals surface area contributed by atoms with E-state index in [2.05, 4.69) is 10.00 Å². The van der Waals surface area contributed by atoms with Gasteiger partial charge in [0.2, 0.25) is 11.7 Å². The number of nitrogens with two attached hydrogens (primary N) is 1. The van der Waals surface area contributed by atoms with Crippen molar-refractivity contribution in [2.45, 2.75) is 32.2 Å². The number of primary amides is 1. The Morgan fingerprint density at radius 1 is 1.26 bits per heavy atom. The van der Waals surface area contributed by atoms with Crippen molar-refractivity contribution in [3.8, 4) is 11.1 Å². The molecule has 1 amide bonds. The van der Waals surface area contributed by atoms with Crippen molar-refractivity contribution in [3.63, 3.8) is 0 Å². The SMILES string of the molecule is CCn1nc(C2CCN(c3ccc(-c4cc([N+](=O)[O-])oc4C(N)=O)cc3)CC2)oc1=O. The zero-order chi connectivity index (χ0) is 22.1. The summed E-state index contributed by atoms with van der Waals surface area (Å²) >= 11 is 0. The van der Waals surface area contributed by atoms with Crippen molar-refractivity contribution in [3.05, 3.63) is 62.6 Å². The van der Waals surface area contributed by atoms with Crippen molar-refractivity contribution < 1.29 is 18.6 Å². The zero-order valence-electron chi connectivity index (χ0n) is 16.8. The lowest BCUT2D eigenvalue weighted by Gasteiger charge is -2.32. The maximum atomic E-state index is 11.7. The number of furan rings is 1. The minimum Gasteiger partial charge on any atom is -0.395 e. The molecule has 4 rings (SSSR count). The highest BCUT2D eigenvalue weighted by Gasteiger charge is 2.26. The van der Waals surface area contributed by atoms with E-state index in [0.717, 1.165) is 31.6 Å².